The molecule has 0 amide bonds. The molecular weight excluding hydrogens is 228 g/mol. The number of ether oxygens (including phenoxy) is 1. The van der Waals surface area contributed by atoms with E-state index in [4.69, 9.17) is 4.74 Å². The van der Waals surface area contributed by atoms with E-state index in [0.717, 1.165) is 27.6 Å². The lowest BCUT2D eigenvalue weighted by atomic mass is 10.1. The van der Waals surface area contributed by atoms with E-state index in [2.05, 4.69) is 9.97 Å². The Morgan fingerprint density at radius 1 is 1.28 bits per heavy atom. The van der Waals surface area contributed by atoms with Gasteiger partial charge in [0.15, 0.2) is 0 Å². The van der Waals surface area contributed by atoms with Crippen LogP contribution in [0.25, 0.3) is 21.8 Å². The molecule has 18 heavy (non-hydrogen) atoms. The van der Waals surface area contributed by atoms with Crippen molar-refractivity contribution >= 4 is 21.8 Å². The molecule has 0 fully saturated rings. The van der Waals surface area contributed by atoms with Gasteiger partial charge in [0.25, 0.3) is 5.56 Å². The molecule has 0 spiro atoms. The minimum atomic E-state index is -0.161. The molecular formula is C14H12N2O2. The van der Waals surface area contributed by atoms with Crippen molar-refractivity contribution in [3.63, 3.8) is 0 Å². The summed E-state index contributed by atoms with van der Waals surface area (Å²) < 4.78 is 5.27. The van der Waals surface area contributed by atoms with Crippen LogP contribution in [0.1, 0.15) is 5.56 Å². The zero-order valence-corrected chi connectivity index (χ0v) is 10.2. The molecule has 0 aliphatic carbocycles. The summed E-state index contributed by atoms with van der Waals surface area (Å²) >= 11 is 0. The lowest BCUT2D eigenvalue weighted by Crippen LogP contribution is -2.08. The van der Waals surface area contributed by atoms with Crippen molar-refractivity contribution in [2.75, 3.05) is 7.11 Å². The smallest absolute Gasteiger partial charge is 0.274 e. The van der Waals surface area contributed by atoms with Crippen molar-refractivity contribution in [2.24, 2.45) is 0 Å². The zero-order chi connectivity index (χ0) is 12.7. The molecule has 1 N–H and O–H groups in total. The number of H-pyrrole nitrogens is 1. The molecule has 0 atom stereocenters. The molecule has 90 valence electrons. The normalized spacial score (nSPS) is 11.0. The number of benzene rings is 1. The number of rotatable bonds is 1. The minimum absolute atomic E-state index is 0.161. The van der Waals surface area contributed by atoms with Gasteiger partial charge in [-0.25, -0.2) is 0 Å². The first-order valence-corrected chi connectivity index (χ1v) is 5.66. The van der Waals surface area contributed by atoms with Crippen LogP contribution in [0, 0.1) is 6.92 Å². The summed E-state index contributed by atoms with van der Waals surface area (Å²) in [5.41, 5.74) is 2.11. The van der Waals surface area contributed by atoms with E-state index >= 15 is 0 Å². The molecule has 2 heterocycles. The third kappa shape index (κ3) is 1.46. The number of methoxy groups -OCH3 is 1. The summed E-state index contributed by atoms with van der Waals surface area (Å²) in [5, 5.41) is 1.80. The average Bonchev–Trinajstić information content (AvgIpc) is 2.40. The van der Waals surface area contributed by atoms with Crippen LogP contribution in [-0.2, 0) is 0 Å². The summed E-state index contributed by atoms with van der Waals surface area (Å²) in [7, 11) is 1.63. The molecule has 0 aliphatic heterocycles. The van der Waals surface area contributed by atoms with Gasteiger partial charge in [-0.05, 0) is 30.7 Å². The van der Waals surface area contributed by atoms with Crippen LogP contribution >= 0.6 is 0 Å². The van der Waals surface area contributed by atoms with Gasteiger partial charge in [-0.2, -0.15) is 0 Å². The third-order valence-electron chi connectivity index (χ3n) is 3.10. The Kier molecular flexibility index (Phi) is 2.30. The van der Waals surface area contributed by atoms with Crippen LogP contribution in [0.5, 0.6) is 5.75 Å². The topological polar surface area (TPSA) is 55.0 Å². The maximum Gasteiger partial charge on any atom is 0.274 e. The average molecular weight is 240 g/mol. The molecule has 1 aromatic carbocycles. The fraction of sp³-hybridized carbons (Fsp3) is 0.143. The summed E-state index contributed by atoms with van der Waals surface area (Å²) in [5.74, 6) is 0.775. The highest BCUT2D eigenvalue weighted by Crippen LogP contribution is 2.27. The first kappa shape index (κ1) is 10.8. The minimum Gasteiger partial charge on any atom is -0.497 e. The van der Waals surface area contributed by atoms with Gasteiger partial charge in [-0.1, -0.05) is 6.07 Å². The Balaban J connectivity index is 2.60. The van der Waals surface area contributed by atoms with Gasteiger partial charge in [0.1, 0.15) is 11.3 Å². The number of nitrogens with zero attached hydrogens (tertiary/aromatic N) is 1. The zero-order valence-electron chi connectivity index (χ0n) is 10.2. The Hall–Kier alpha value is -2.36. The van der Waals surface area contributed by atoms with Gasteiger partial charge in [-0.15, -0.1) is 0 Å². The second kappa shape index (κ2) is 3.84. The van der Waals surface area contributed by atoms with E-state index in [1.165, 1.54) is 0 Å². The number of pyridine rings is 2. The highest BCUT2D eigenvalue weighted by atomic mass is 16.5. The van der Waals surface area contributed by atoms with Gasteiger partial charge in [0.05, 0.1) is 12.6 Å². The predicted molar refractivity (Wildman–Crippen MR) is 71.2 cm³/mol. The van der Waals surface area contributed by atoms with E-state index in [-0.39, 0.29) is 5.56 Å². The second-order valence-electron chi connectivity index (χ2n) is 4.22. The number of aromatic nitrogens is 2. The van der Waals surface area contributed by atoms with Crippen molar-refractivity contribution in [1.29, 1.82) is 0 Å². The van der Waals surface area contributed by atoms with Crippen molar-refractivity contribution in [2.45, 2.75) is 6.92 Å². The van der Waals surface area contributed by atoms with Gasteiger partial charge in [-0.3, -0.25) is 9.78 Å². The first-order chi connectivity index (χ1) is 8.70. The first-order valence-electron chi connectivity index (χ1n) is 5.66. The van der Waals surface area contributed by atoms with Gasteiger partial charge >= 0.3 is 0 Å². The quantitative estimate of drug-likeness (QED) is 0.664. The third-order valence-corrected chi connectivity index (χ3v) is 3.10. The highest BCUT2D eigenvalue weighted by molar-refractivity contribution is 6.05. The molecule has 0 unspecified atom stereocenters. The van der Waals surface area contributed by atoms with Crippen LogP contribution in [-0.4, -0.2) is 17.1 Å². The van der Waals surface area contributed by atoms with Crippen LogP contribution in [0.4, 0.5) is 0 Å². The van der Waals surface area contributed by atoms with Crippen molar-refractivity contribution in [3.8, 4) is 5.75 Å². The number of hydrogen-bond donors (Lipinski definition) is 1. The fourth-order valence-corrected chi connectivity index (χ4v) is 2.23. The van der Waals surface area contributed by atoms with E-state index in [1.54, 1.807) is 13.3 Å². The predicted octanol–water partition coefficient (Wildman–Crippen LogP) is 2.39. The monoisotopic (exact) mass is 240 g/mol. The SMILES string of the molecule is COc1cc(C)c2[nH]c(=O)c3ncccc3c2c1. The molecule has 0 aliphatic rings. The fourth-order valence-electron chi connectivity index (χ4n) is 2.23. The molecule has 3 aromatic rings. The molecule has 2 aromatic heterocycles. The molecule has 0 saturated heterocycles. The summed E-state index contributed by atoms with van der Waals surface area (Å²) in [6.45, 7) is 1.95. The second-order valence-corrected chi connectivity index (χ2v) is 4.22. The lowest BCUT2D eigenvalue weighted by Gasteiger charge is -2.08. The van der Waals surface area contributed by atoms with Crippen LogP contribution in [0.15, 0.2) is 35.3 Å². The summed E-state index contributed by atoms with van der Waals surface area (Å²) in [4.78, 5) is 19.0. The Morgan fingerprint density at radius 3 is 2.89 bits per heavy atom. The number of hydrogen-bond acceptors (Lipinski definition) is 3. The maximum absolute atomic E-state index is 12.0. The number of nitrogens with one attached hydrogen (secondary N) is 1. The molecule has 0 bridgehead atoms. The van der Waals surface area contributed by atoms with E-state index in [1.807, 2.05) is 31.2 Å². The standard InChI is InChI=1S/C14H12N2O2/c1-8-6-9(18-2)7-11-10-4-3-5-15-13(10)14(17)16-12(8)11/h3-7H,1-2H3,(H,16,17). The van der Waals surface area contributed by atoms with E-state index in [9.17, 15) is 4.79 Å². The molecule has 4 nitrogen and oxygen atoms in total. The Bertz CT molecular complexity index is 806. The Morgan fingerprint density at radius 2 is 2.11 bits per heavy atom. The number of fused-ring (bicyclic) bond motifs is 3. The maximum atomic E-state index is 12.0. The van der Waals surface area contributed by atoms with Crippen LogP contribution < -0.4 is 10.3 Å². The molecule has 0 saturated carbocycles. The number of aromatic amines is 1. The van der Waals surface area contributed by atoms with Crippen LogP contribution in [0.2, 0.25) is 0 Å². The van der Waals surface area contributed by atoms with Crippen molar-refractivity contribution in [1.82, 2.24) is 9.97 Å². The summed E-state index contributed by atoms with van der Waals surface area (Å²) in [6, 6.07) is 7.55. The lowest BCUT2D eigenvalue weighted by molar-refractivity contribution is 0.415. The van der Waals surface area contributed by atoms with E-state index < -0.39 is 0 Å². The largest absolute Gasteiger partial charge is 0.497 e. The molecule has 4 heteroatoms. The van der Waals surface area contributed by atoms with Gasteiger partial charge < -0.3 is 9.72 Å². The number of aryl methyl sites for hydroxylation is 1. The Labute approximate surface area is 103 Å². The molecule has 0 radical (unpaired) electrons. The molecule has 3 rings (SSSR count). The van der Waals surface area contributed by atoms with E-state index in [0.29, 0.717) is 5.52 Å². The summed E-state index contributed by atoms with van der Waals surface area (Å²) in [6.07, 6.45) is 1.62. The van der Waals surface area contributed by atoms with Crippen molar-refractivity contribution < 1.29 is 4.74 Å². The highest BCUT2D eigenvalue weighted by Gasteiger charge is 2.09. The van der Waals surface area contributed by atoms with Gasteiger partial charge in [0, 0.05) is 17.0 Å². The van der Waals surface area contributed by atoms with Crippen LogP contribution in [0.3, 0.4) is 0 Å². The van der Waals surface area contributed by atoms with Crippen molar-refractivity contribution in [3.05, 3.63) is 46.4 Å². The van der Waals surface area contributed by atoms with Gasteiger partial charge in [0.2, 0.25) is 0 Å².